The molecule has 0 unspecified atom stereocenters. The molecule has 2 aromatic carbocycles. The summed E-state index contributed by atoms with van der Waals surface area (Å²) in [6, 6.07) is 9.79. The monoisotopic (exact) mass is 428 g/mol. The Morgan fingerprint density at radius 3 is 2.63 bits per heavy atom. The van der Waals surface area contributed by atoms with Gasteiger partial charge in [0.25, 0.3) is 0 Å². The summed E-state index contributed by atoms with van der Waals surface area (Å²) in [6.45, 7) is 1.75. The van der Waals surface area contributed by atoms with E-state index in [9.17, 15) is 8.42 Å². The number of nitrogens with zero attached hydrogens (tertiary/aromatic N) is 3. The van der Waals surface area contributed by atoms with Gasteiger partial charge in [-0.2, -0.15) is 0 Å². The summed E-state index contributed by atoms with van der Waals surface area (Å²) in [5.41, 5.74) is 4.16. The molecule has 30 heavy (non-hydrogen) atoms. The van der Waals surface area contributed by atoms with Crippen LogP contribution in [-0.2, 0) is 29.5 Å². The van der Waals surface area contributed by atoms with Gasteiger partial charge < -0.3 is 14.4 Å². The van der Waals surface area contributed by atoms with Gasteiger partial charge in [-0.1, -0.05) is 18.2 Å². The highest BCUT2D eigenvalue weighted by Crippen LogP contribution is 2.36. The van der Waals surface area contributed by atoms with E-state index >= 15 is 0 Å². The number of sulfonamides is 1. The standard InChI is InChI=1S/C21H24N4O4S/c1-28-19-9-17-18(10-20(19)29-2)22-13-23-21(17)25-8-7-16-14(11-24-30(3,26)27)5-4-6-15(16)12-25/h4-6,9-10,13,24H,7-8,11-12H2,1-3H3. The Bertz CT molecular complexity index is 1200. The minimum absolute atomic E-state index is 0.301. The smallest absolute Gasteiger partial charge is 0.209 e. The molecule has 0 amide bonds. The number of ether oxygens (including phenoxy) is 2. The second-order valence-electron chi connectivity index (χ2n) is 7.24. The molecule has 3 aromatic rings. The van der Waals surface area contributed by atoms with Crippen LogP contribution in [0.3, 0.4) is 0 Å². The van der Waals surface area contributed by atoms with Crippen molar-refractivity contribution in [2.24, 2.45) is 0 Å². The van der Waals surface area contributed by atoms with Crippen molar-refractivity contribution in [3.8, 4) is 11.5 Å². The zero-order valence-electron chi connectivity index (χ0n) is 17.2. The predicted octanol–water partition coefficient (Wildman–Crippen LogP) is 2.26. The summed E-state index contributed by atoms with van der Waals surface area (Å²) < 4.78 is 36.4. The maximum absolute atomic E-state index is 11.5. The number of rotatable bonds is 6. The number of hydrogen-bond donors (Lipinski definition) is 1. The minimum Gasteiger partial charge on any atom is -0.493 e. The quantitative estimate of drug-likeness (QED) is 0.644. The van der Waals surface area contributed by atoms with E-state index in [4.69, 9.17) is 9.47 Å². The molecule has 0 atom stereocenters. The minimum atomic E-state index is -3.24. The predicted molar refractivity (Wildman–Crippen MR) is 116 cm³/mol. The molecule has 1 aliphatic heterocycles. The molecule has 8 nitrogen and oxygen atoms in total. The van der Waals surface area contributed by atoms with Crippen LogP contribution >= 0.6 is 0 Å². The van der Waals surface area contributed by atoms with Gasteiger partial charge in [-0.15, -0.1) is 0 Å². The number of fused-ring (bicyclic) bond motifs is 2. The van der Waals surface area contributed by atoms with E-state index in [1.807, 2.05) is 24.3 Å². The zero-order valence-corrected chi connectivity index (χ0v) is 18.0. The Morgan fingerprint density at radius 1 is 1.13 bits per heavy atom. The van der Waals surface area contributed by atoms with Crippen molar-refractivity contribution in [2.45, 2.75) is 19.5 Å². The van der Waals surface area contributed by atoms with Gasteiger partial charge >= 0.3 is 0 Å². The summed E-state index contributed by atoms with van der Waals surface area (Å²) in [5, 5.41) is 0.897. The first-order valence-electron chi connectivity index (χ1n) is 9.55. The Kier molecular flexibility index (Phi) is 5.48. The van der Waals surface area contributed by atoms with E-state index in [1.165, 1.54) is 17.4 Å². The van der Waals surface area contributed by atoms with E-state index in [0.29, 0.717) is 24.6 Å². The first-order chi connectivity index (χ1) is 14.4. The number of benzene rings is 2. The van der Waals surface area contributed by atoms with Gasteiger partial charge in [0.1, 0.15) is 12.1 Å². The normalized spacial score (nSPS) is 13.9. The first-order valence-corrected chi connectivity index (χ1v) is 11.4. The van der Waals surface area contributed by atoms with Gasteiger partial charge in [-0.05, 0) is 29.2 Å². The van der Waals surface area contributed by atoms with Crippen LogP contribution in [0.5, 0.6) is 11.5 Å². The molecule has 0 aliphatic carbocycles. The fraction of sp³-hybridized carbons (Fsp3) is 0.333. The number of anilines is 1. The lowest BCUT2D eigenvalue weighted by atomic mass is 9.94. The molecule has 4 rings (SSSR count). The summed E-state index contributed by atoms with van der Waals surface area (Å²) >= 11 is 0. The van der Waals surface area contributed by atoms with Crippen LogP contribution in [0, 0.1) is 0 Å². The van der Waals surface area contributed by atoms with Gasteiger partial charge in [0, 0.05) is 31.1 Å². The highest BCUT2D eigenvalue weighted by Gasteiger charge is 2.22. The maximum Gasteiger partial charge on any atom is 0.209 e. The maximum atomic E-state index is 11.5. The topological polar surface area (TPSA) is 93.7 Å². The van der Waals surface area contributed by atoms with Gasteiger partial charge in [0.05, 0.1) is 26.0 Å². The second kappa shape index (κ2) is 8.08. The first kappa shape index (κ1) is 20.4. The van der Waals surface area contributed by atoms with Gasteiger partial charge in [-0.3, -0.25) is 0 Å². The van der Waals surface area contributed by atoms with Crippen LogP contribution in [0.2, 0.25) is 0 Å². The third kappa shape index (κ3) is 4.03. The van der Waals surface area contributed by atoms with Crippen molar-refractivity contribution in [3.63, 3.8) is 0 Å². The van der Waals surface area contributed by atoms with Gasteiger partial charge in [0.15, 0.2) is 11.5 Å². The van der Waals surface area contributed by atoms with Crippen LogP contribution in [-0.4, -0.2) is 45.4 Å². The number of aromatic nitrogens is 2. The summed E-state index contributed by atoms with van der Waals surface area (Å²) in [6.07, 6.45) is 3.54. The Morgan fingerprint density at radius 2 is 1.90 bits per heavy atom. The van der Waals surface area contributed by atoms with Crippen molar-refractivity contribution in [1.82, 2.24) is 14.7 Å². The lowest BCUT2D eigenvalue weighted by Crippen LogP contribution is -2.32. The molecule has 9 heteroatoms. The second-order valence-corrected chi connectivity index (χ2v) is 9.07. The summed E-state index contributed by atoms with van der Waals surface area (Å²) in [4.78, 5) is 11.2. The largest absolute Gasteiger partial charge is 0.493 e. The average Bonchev–Trinajstić information content (AvgIpc) is 2.75. The molecule has 0 fully saturated rings. The summed E-state index contributed by atoms with van der Waals surface area (Å²) in [7, 11) is -0.0305. The molecule has 0 saturated carbocycles. The average molecular weight is 429 g/mol. The molecule has 1 N–H and O–H groups in total. The molecule has 0 saturated heterocycles. The molecule has 2 heterocycles. The van der Waals surface area contributed by atoms with Crippen LogP contribution in [0.15, 0.2) is 36.7 Å². The lowest BCUT2D eigenvalue weighted by molar-refractivity contribution is 0.356. The van der Waals surface area contributed by atoms with Crippen molar-refractivity contribution in [2.75, 3.05) is 31.9 Å². The molecule has 0 spiro atoms. The van der Waals surface area contributed by atoms with Crippen molar-refractivity contribution < 1.29 is 17.9 Å². The Hall–Kier alpha value is -2.91. The van der Waals surface area contributed by atoms with Crippen LogP contribution in [0.25, 0.3) is 10.9 Å². The zero-order chi connectivity index (χ0) is 21.3. The summed E-state index contributed by atoms with van der Waals surface area (Å²) in [5.74, 6) is 2.10. The highest BCUT2D eigenvalue weighted by atomic mass is 32.2. The van der Waals surface area contributed by atoms with E-state index in [2.05, 4.69) is 25.7 Å². The molecular formula is C21H24N4O4S. The SMILES string of the molecule is COc1cc2ncnc(N3CCc4c(CNS(C)(=O)=O)cccc4C3)c2cc1OC. The van der Waals surface area contributed by atoms with E-state index in [1.54, 1.807) is 20.5 Å². The fourth-order valence-electron chi connectivity index (χ4n) is 3.87. The highest BCUT2D eigenvalue weighted by molar-refractivity contribution is 7.88. The Labute approximate surface area is 175 Å². The van der Waals surface area contributed by atoms with Gasteiger partial charge in [0.2, 0.25) is 10.0 Å². The fourth-order valence-corrected chi connectivity index (χ4v) is 4.28. The third-order valence-corrected chi connectivity index (χ3v) is 5.98. The molecule has 1 aromatic heterocycles. The number of nitrogens with one attached hydrogen (secondary N) is 1. The lowest BCUT2D eigenvalue weighted by Gasteiger charge is -2.31. The van der Waals surface area contributed by atoms with Crippen LogP contribution in [0.4, 0.5) is 5.82 Å². The molecular weight excluding hydrogens is 404 g/mol. The molecule has 0 bridgehead atoms. The van der Waals surface area contributed by atoms with Crippen LogP contribution < -0.4 is 19.1 Å². The number of hydrogen-bond acceptors (Lipinski definition) is 7. The van der Waals surface area contributed by atoms with Crippen molar-refractivity contribution >= 4 is 26.7 Å². The molecule has 1 aliphatic rings. The van der Waals surface area contributed by atoms with E-state index < -0.39 is 10.0 Å². The van der Waals surface area contributed by atoms with Crippen molar-refractivity contribution in [1.29, 1.82) is 0 Å². The van der Waals surface area contributed by atoms with Crippen molar-refractivity contribution in [3.05, 3.63) is 53.3 Å². The number of methoxy groups -OCH3 is 2. The van der Waals surface area contributed by atoms with Gasteiger partial charge in [-0.25, -0.2) is 23.1 Å². The molecule has 158 valence electrons. The van der Waals surface area contributed by atoms with E-state index in [0.717, 1.165) is 35.2 Å². The van der Waals surface area contributed by atoms with Crippen LogP contribution in [0.1, 0.15) is 16.7 Å². The third-order valence-electron chi connectivity index (χ3n) is 5.31. The van der Waals surface area contributed by atoms with E-state index in [-0.39, 0.29) is 0 Å². The molecule has 0 radical (unpaired) electrons. The Balaban J connectivity index is 1.68.